The molecule has 1 atom stereocenters. The Bertz CT molecular complexity index is 394. The van der Waals surface area contributed by atoms with Crippen LogP contribution in [0.1, 0.15) is 23.5 Å². The van der Waals surface area contributed by atoms with E-state index in [1.54, 1.807) is 19.4 Å². The van der Waals surface area contributed by atoms with E-state index in [-0.39, 0.29) is 6.04 Å². The molecule has 0 radical (unpaired) electrons. The van der Waals surface area contributed by atoms with Gasteiger partial charge in [0.2, 0.25) is 11.8 Å². The van der Waals surface area contributed by atoms with E-state index in [9.17, 15) is 0 Å². The molecule has 0 aliphatic heterocycles. The van der Waals surface area contributed by atoms with E-state index in [2.05, 4.69) is 20.2 Å². The number of nitrogens with two attached hydrogens (primary N) is 1. The van der Waals surface area contributed by atoms with Crippen LogP contribution in [-0.4, -0.2) is 20.2 Å². The van der Waals surface area contributed by atoms with Crippen LogP contribution >= 0.6 is 0 Å². The predicted octanol–water partition coefficient (Wildman–Crippen LogP) is 0.344. The molecule has 6 heteroatoms. The number of aromatic amines is 1. The van der Waals surface area contributed by atoms with Gasteiger partial charge in [-0.15, -0.1) is 10.2 Å². The van der Waals surface area contributed by atoms with Gasteiger partial charge in [-0.25, -0.2) is 4.98 Å². The maximum Gasteiger partial charge on any atom is 0.233 e. The minimum atomic E-state index is -0.281. The smallest absolute Gasteiger partial charge is 0.233 e. The van der Waals surface area contributed by atoms with Crippen LogP contribution in [0, 0.1) is 6.92 Å². The molecule has 6 nitrogen and oxygen atoms in total. The van der Waals surface area contributed by atoms with E-state index in [1.807, 2.05) is 0 Å². The zero-order valence-corrected chi connectivity index (χ0v) is 7.77. The Labute approximate surface area is 80.6 Å². The van der Waals surface area contributed by atoms with E-state index in [4.69, 9.17) is 10.2 Å². The molecule has 0 amide bonds. The third kappa shape index (κ3) is 1.80. The van der Waals surface area contributed by atoms with Gasteiger partial charge in [0.1, 0.15) is 0 Å². The average Bonchev–Trinajstić information content (AvgIpc) is 2.75. The Morgan fingerprint density at radius 1 is 1.57 bits per heavy atom. The molecule has 0 saturated heterocycles. The highest BCUT2D eigenvalue weighted by Gasteiger charge is 2.13. The Hall–Kier alpha value is -1.69. The maximum absolute atomic E-state index is 5.86. The van der Waals surface area contributed by atoms with Crippen LogP contribution in [0.25, 0.3) is 0 Å². The van der Waals surface area contributed by atoms with E-state index in [1.165, 1.54) is 0 Å². The highest BCUT2D eigenvalue weighted by atomic mass is 16.4. The van der Waals surface area contributed by atoms with E-state index in [0.29, 0.717) is 18.2 Å². The highest BCUT2D eigenvalue weighted by Crippen LogP contribution is 2.12. The molecule has 2 aromatic rings. The SMILES string of the molecule is Cc1nnc([C@@H](N)Cc2cnc[nH]2)o1. The van der Waals surface area contributed by atoms with Gasteiger partial charge in [-0.2, -0.15) is 0 Å². The molecular weight excluding hydrogens is 182 g/mol. The number of hydrogen-bond acceptors (Lipinski definition) is 5. The van der Waals surface area contributed by atoms with E-state index < -0.39 is 0 Å². The average molecular weight is 193 g/mol. The van der Waals surface area contributed by atoms with Gasteiger partial charge in [0.05, 0.1) is 12.4 Å². The minimum Gasteiger partial charge on any atom is -0.424 e. The van der Waals surface area contributed by atoms with Gasteiger partial charge >= 0.3 is 0 Å². The van der Waals surface area contributed by atoms with Crippen LogP contribution in [0.5, 0.6) is 0 Å². The number of rotatable bonds is 3. The Morgan fingerprint density at radius 2 is 2.43 bits per heavy atom. The van der Waals surface area contributed by atoms with Gasteiger partial charge in [0, 0.05) is 25.2 Å². The second-order valence-corrected chi connectivity index (χ2v) is 3.05. The van der Waals surface area contributed by atoms with Crippen molar-refractivity contribution in [3.8, 4) is 0 Å². The number of H-pyrrole nitrogens is 1. The summed E-state index contributed by atoms with van der Waals surface area (Å²) in [6.45, 7) is 1.74. The van der Waals surface area contributed by atoms with Crippen molar-refractivity contribution in [3.63, 3.8) is 0 Å². The molecule has 2 heterocycles. The van der Waals surface area contributed by atoms with Crippen molar-refractivity contribution in [1.29, 1.82) is 0 Å². The van der Waals surface area contributed by atoms with Crippen LogP contribution in [0.4, 0.5) is 0 Å². The number of nitrogens with zero attached hydrogens (tertiary/aromatic N) is 3. The number of hydrogen-bond donors (Lipinski definition) is 2. The van der Waals surface area contributed by atoms with Crippen molar-refractivity contribution in [2.24, 2.45) is 5.73 Å². The first-order valence-corrected chi connectivity index (χ1v) is 4.28. The summed E-state index contributed by atoms with van der Waals surface area (Å²) in [5.74, 6) is 0.983. The fraction of sp³-hybridized carbons (Fsp3) is 0.375. The summed E-state index contributed by atoms with van der Waals surface area (Å²) < 4.78 is 5.21. The molecule has 0 spiro atoms. The summed E-state index contributed by atoms with van der Waals surface area (Å²) in [6.07, 6.45) is 3.95. The van der Waals surface area contributed by atoms with Gasteiger partial charge in [0.15, 0.2) is 0 Å². The number of nitrogens with one attached hydrogen (secondary N) is 1. The van der Waals surface area contributed by atoms with Gasteiger partial charge in [-0.3, -0.25) is 0 Å². The standard InChI is InChI=1S/C8H11N5O/c1-5-12-13-8(14-5)7(9)2-6-3-10-4-11-6/h3-4,7H,2,9H2,1H3,(H,10,11)/t7-/m0/s1. The highest BCUT2D eigenvalue weighted by molar-refractivity contribution is 5.01. The summed E-state index contributed by atoms with van der Waals surface area (Å²) in [6, 6.07) is -0.281. The third-order valence-corrected chi connectivity index (χ3v) is 1.85. The molecular formula is C8H11N5O. The topological polar surface area (TPSA) is 93.6 Å². The van der Waals surface area contributed by atoms with Crippen molar-refractivity contribution in [2.75, 3.05) is 0 Å². The largest absolute Gasteiger partial charge is 0.424 e. The summed E-state index contributed by atoms with van der Waals surface area (Å²) in [5, 5.41) is 7.56. The second kappa shape index (κ2) is 3.59. The Morgan fingerprint density at radius 3 is 3.00 bits per heavy atom. The van der Waals surface area contributed by atoms with Crippen LogP contribution < -0.4 is 5.73 Å². The van der Waals surface area contributed by atoms with Crippen LogP contribution in [-0.2, 0) is 6.42 Å². The Kier molecular flexibility index (Phi) is 2.28. The second-order valence-electron chi connectivity index (χ2n) is 3.05. The normalized spacial score (nSPS) is 13.0. The molecule has 2 rings (SSSR count). The maximum atomic E-state index is 5.86. The third-order valence-electron chi connectivity index (χ3n) is 1.85. The molecule has 2 aromatic heterocycles. The number of aryl methyl sites for hydroxylation is 1. The van der Waals surface area contributed by atoms with Crippen LogP contribution in [0.3, 0.4) is 0 Å². The lowest BCUT2D eigenvalue weighted by molar-refractivity contribution is 0.428. The van der Waals surface area contributed by atoms with Gasteiger partial charge in [-0.1, -0.05) is 0 Å². The van der Waals surface area contributed by atoms with Crippen molar-refractivity contribution >= 4 is 0 Å². The predicted molar refractivity (Wildman–Crippen MR) is 48.3 cm³/mol. The molecule has 0 saturated carbocycles. The molecule has 0 bridgehead atoms. The molecule has 14 heavy (non-hydrogen) atoms. The lowest BCUT2D eigenvalue weighted by atomic mass is 10.2. The molecule has 3 N–H and O–H groups in total. The first-order valence-electron chi connectivity index (χ1n) is 4.28. The van der Waals surface area contributed by atoms with Gasteiger partial charge in [-0.05, 0) is 0 Å². The monoisotopic (exact) mass is 193 g/mol. The summed E-state index contributed by atoms with van der Waals surface area (Å²) in [5.41, 5.74) is 6.81. The van der Waals surface area contributed by atoms with Crippen LogP contribution in [0.2, 0.25) is 0 Å². The molecule has 0 unspecified atom stereocenters. The zero-order valence-electron chi connectivity index (χ0n) is 7.77. The van der Waals surface area contributed by atoms with Crippen LogP contribution in [0.15, 0.2) is 16.9 Å². The van der Waals surface area contributed by atoms with Crippen molar-refractivity contribution in [3.05, 3.63) is 30.0 Å². The van der Waals surface area contributed by atoms with E-state index in [0.717, 1.165) is 5.69 Å². The summed E-state index contributed by atoms with van der Waals surface area (Å²) in [7, 11) is 0. The molecule has 74 valence electrons. The fourth-order valence-corrected chi connectivity index (χ4v) is 1.18. The lowest BCUT2D eigenvalue weighted by Crippen LogP contribution is -2.13. The van der Waals surface area contributed by atoms with Crippen molar-refractivity contribution < 1.29 is 4.42 Å². The van der Waals surface area contributed by atoms with Crippen molar-refractivity contribution in [1.82, 2.24) is 20.2 Å². The van der Waals surface area contributed by atoms with Crippen molar-refractivity contribution in [2.45, 2.75) is 19.4 Å². The summed E-state index contributed by atoms with van der Waals surface area (Å²) >= 11 is 0. The Balaban J connectivity index is 2.06. The fourth-order valence-electron chi connectivity index (χ4n) is 1.18. The quantitative estimate of drug-likeness (QED) is 0.733. The molecule has 0 aliphatic rings. The van der Waals surface area contributed by atoms with E-state index >= 15 is 0 Å². The number of aromatic nitrogens is 4. The molecule has 0 fully saturated rings. The van der Waals surface area contributed by atoms with Gasteiger partial charge in [0.25, 0.3) is 0 Å². The lowest BCUT2D eigenvalue weighted by Gasteiger charge is -2.03. The van der Waals surface area contributed by atoms with Gasteiger partial charge < -0.3 is 15.1 Å². The molecule has 0 aliphatic carbocycles. The summed E-state index contributed by atoms with van der Waals surface area (Å²) in [4.78, 5) is 6.86. The molecule has 0 aromatic carbocycles. The zero-order chi connectivity index (χ0) is 9.97. The first kappa shape index (κ1) is 8.89. The minimum absolute atomic E-state index is 0.281. The first-order chi connectivity index (χ1) is 6.75. The number of imidazole rings is 1.